The van der Waals surface area contributed by atoms with Crippen molar-refractivity contribution in [1.29, 1.82) is 0 Å². The van der Waals surface area contributed by atoms with Crippen LogP contribution in [0.1, 0.15) is 42.4 Å². The first kappa shape index (κ1) is 19.9. The second-order valence-corrected chi connectivity index (χ2v) is 6.90. The highest BCUT2D eigenvalue weighted by molar-refractivity contribution is 6.43. The summed E-state index contributed by atoms with van der Waals surface area (Å²) in [6.45, 7) is 2.20. The third-order valence-electron chi connectivity index (χ3n) is 5.18. The smallest absolute Gasteiger partial charge is 0.360 e. The molecule has 0 aromatic heterocycles. The van der Waals surface area contributed by atoms with Crippen LogP contribution in [0.5, 0.6) is 0 Å². The lowest BCUT2D eigenvalue weighted by Crippen LogP contribution is -2.21. The summed E-state index contributed by atoms with van der Waals surface area (Å²) in [5, 5.41) is 8.30. The van der Waals surface area contributed by atoms with Crippen LogP contribution < -0.4 is 0 Å². The third kappa shape index (κ3) is 4.32. The number of fused-ring (bicyclic) bond motifs is 1. The van der Waals surface area contributed by atoms with Gasteiger partial charge in [-0.25, -0.2) is 4.79 Å². The van der Waals surface area contributed by atoms with Crippen LogP contribution in [-0.2, 0) is 25.8 Å². The van der Waals surface area contributed by atoms with E-state index in [1.54, 1.807) is 6.07 Å². The topological polar surface area (TPSA) is 69.5 Å². The molecule has 6 nitrogen and oxygen atoms in total. The van der Waals surface area contributed by atoms with Crippen molar-refractivity contribution in [3.8, 4) is 0 Å². The van der Waals surface area contributed by atoms with E-state index in [0.29, 0.717) is 11.5 Å². The molecular formula is C22H26N2O4. The van der Waals surface area contributed by atoms with Crippen molar-refractivity contribution in [2.24, 2.45) is 16.2 Å². The van der Waals surface area contributed by atoms with E-state index in [4.69, 9.17) is 14.4 Å². The van der Waals surface area contributed by atoms with Gasteiger partial charge in [0.2, 0.25) is 0 Å². The summed E-state index contributed by atoms with van der Waals surface area (Å²) < 4.78 is 4.84. The van der Waals surface area contributed by atoms with Gasteiger partial charge in [0.1, 0.15) is 13.7 Å². The van der Waals surface area contributed by atoms with Gasteiger partial charge in [0.15, 0.2) is 5.71 Å². The number of oxime groups is 2. The number of benzene rings is 1. The molecule has 0 saturated heterocycles. The van der Waals surface area contributed by atoms with Crippen LogP contribution in [-0.4, -0.2) is 31.6 Å². The summed E-state index contributed by atoms with van der Waals surface area (Å²) in [6, 6.07) is 5.62. The predicted molar refractivity (Wildman–Crippen MR) is 108 cm³/mol. The number of rotatable bonds is 6. The van der Waals surface area contributed by atoms with Gasteiger partial charge in [-0.15, -0.1) is 0 Å². The van der Waals surface area contributed by atoms with Crippen LogP contribution in [0, 0.1) is 12.8 Å². The largest absolute Gasteiger partial charge is 0.464 e. The highest BCUT2D eigenvalue weighted by atomic mass is 16.6. The van der Waals surface area contributed by atoms with Crippen molar-refractivity contribution in [2.75, 3.05) is 14.2 Å². The minimum atomic E-state index is -0.561. The van der Waals surface area contributed by atoms with Crippen molar-refractivity contribution in [3.63, 3.8) is 0 Å². The Bertz CT molecular complexity index is 852. The van der Waals surface area contributed by atoms with Gasteiger partial charge < -0.3 is 14.4 Å². The fourth-order valence-corrected chi connectivity index (χ4v) is 3.72. The van der Waals surface area contributed by atoms with Crippen molar-refractivity contribution in [3.05, 3.63) is 58.7 Å². The number of carbonyl (C=O) groups excluding carboxylic acids is 1. The molecule has 148 valence electrons. The standard InChI is InChI=1S/C22H26N2O4/c1-15-8-6-12-18(21(24-27-3)22(25)26-2)19(15)14-28-23-20-13-7-10-16-9-4-5-11-17(16)20/h4-6,8,11-12,16H,7,9-10,13-14H2,1-3H3/b23-20+,24-21+. The molecule has 1 fully saturated rings. The zero-order valence-electron chi connectivity index (χ0n) is 16.6. The van der Waals surface area contributed by atoms with Gasteiger partial charge in [0.25, 0.3) is 0 Å². The van der Waals surface area contributed by atoms with Gasteiger partial charge in [-0.2, -0.15) is 0 Å². The minimum Gasteiger partial charge on any atom is -0.464 e. The molecule has 0 aliphatic heterocycles. The van der Waals surface area contributed by atoms with Gasteiger partial charge in [0, 0.05) is 11.1 Å². The first-order valence-electron chi connectivity index (χ1n) is 9.50. The Hall–Kier alpha value is -2.89. The number of ether oxygens (including phenoxy) is 1. The Morgan fingerprint density at radius 1 is 1.29 bits per heavy atom. The van der Waals surface area contributed by atoms with Crippen LogP contribution in [0.3, 0.4) is 0 Å². The molecule has 0 radical (unpaired) electrons. The van der Waals surface area contributed by atoms with E-state index in [-0.39, 0.29) is 12.3 Å². The van der Waals surface area contributed by atoms with Crippen LogP contribution in [0.4, 0.5) is 0 Å². The molecule has 6 heteroatoms. The number of aryl methyl sites for hydroxylation is 1. The van der Waals surface area contributed by atoms with E-state index >= 15 is 0 Å². The highest BCUT2D eigenvalue weighted by Gasteiger charge is 2.25. The molecule has 1 aromatic carbocycles. The number of methoxy groups -OCH3 is 1. The van der Waals surface area contributed by atoms with Gasteiger partial charge in [-0.1, -0.05) is 46.7 Å². The number of hydrogen-bond acceptors (Lipinski definition) is 6. The van der Waals surface area contributed by atoms with E-state index in [0.717, 1.165) is 36.1 Å². The monoisotopic (exact) mass is 382 g/mol. The molecule has 0 heterocycles. The summed E-state index contributed by atoms with van der Waals surface area (Å²) in [5.41, 5.74) is 4.85. The van der Waals surface area contributed by atoms with E-state index in [9.17, 15) is 4.79 Å². The first-order chi connectivity index (χ1) is 13.7. The molecule has 1 aromatic rings. The molecule has 3 rings (SSSR count). The molecule has 1 saturated carbocycles. The summed E-state index contributed by atoms with van der Waals surface area (Å²) >= 11 is 0. The predicted octanol–water partition coefficient (Wildman–Crippen LogP) is 4.08. The molecule has 1 atom stereocenters. The fraction of sp³-hybridized carbons (Fsp3) is 0.409. The second-order valence-electron chi connectivity index (χ2n) is 6.90. The summed E-state index contributed by atoms with van der Waals surface area (Å²) in [4.78, 5) is 22.7. The summed E-state index contributed by atoms with van der Waals surface area (Å²) in [7, 11) is 2.71. The Balaban J connectivity index is 1.83. The quantitative estimate of drug-likeness (QED) is 0.422. The van der Waals surface area contributed by atoms with Crippen molar-refractivity contribution >= 4 is 17.4 Å². The van der Waals surface area contributed by atoms with Gasteiger partial charge in [0.05, 0.1) is 12.8 Å². The average Bonchev–Trinajstić information content (AvgIpc) is 2.73. The lowest BCUT2D eigenvalue weighted by molar-refractivity contribution is -0.132. The molecule has 1 unspecified atom stereocenters. The zero-order chi connectivity index (χ0) is 19.9. The SMILES string of the molecule is CO/N=C(/C(=O)OC)c1cccc(C)c1CO/N=C1\CCCC2CC=CC=C12. The Morgan fingerprint density at radius 3 is 2.93 bits per heavy atom. The van der Waals surface area contributed by atoms with Gasteiger partial charge in [-0.05, 0) is 49.7 Å². The van der Waals surface area contributed by atoms with Crippen LogP contribution >= 0.6 is 0 Å². The normalized spacial score (nSPS) is 20.4. The maximum atomic E-state index is 12.1. The molecule has 0 amide bonds. The van der Waals surface area contributed by atoms with Crippen LogP contribution in [0.25, 0.3) is 0 Å². The molecular weight excluding hydrogens is 356 g/mol. The van der Waals surface area contributed by atoms with Gasteiger partial charge >= 0.3 is 5.97 Å². The Morgan fingerprint density at radius 2 is 2.14 bits per heavy atom. The number of carbonyl (C=O) groups is 1. The number of allylic oxidation sites excluding steroid dienone is 4. The lowest BCUT2D eigenvalue weighted by Gasteiger charge is -2.27. The Kier molecular flexibility index (Phi) is 6.63. The van der Waals surface area contributed by atoms with E-state index < -0.39 is 5.97 Å². The highest BCUT2D eigenvalue weighted by Crippen LogP contribution is 2.33. The molecule has 2 aliphatic rings. The third-order valence-corrected chi connectivity index (χ3v) is 5.18. The van der Waals surface area contributed by atoms with E-state index in [1.807, 2.05) is 19.1 Å². The van der Waals surface area contributed by atoms with Crippen molar-refractivity contribution in [1.82, 2.24) is 0 Å². The molecule has 0 spiro atoms. The number of nitrogens with zero attached hydrogens (tertiary/aromatic N) is 2. The van der Waals surface area contributed by atoms with Crippen molar-refractivity contribution < 1.29 is 19.2 Å². The van der Waals surface area contributed by atoms with E-state index in [2.05, 4.69) is 28.5 Å². The maximum absolute atomic E-state index is 12.1. The van der Waals surface area contributed by atoms with Crippen LogP contribution in [0.15, 0.2) is 52.3 Å². The number of hydrogen-bond donors (Lipinski definition) is 0. The second kappa shape index (κ2) is 9.35. The first-order valence-corrected chi connectivity index (χ1v) is 9.50. The number of esters is 1. The average molecular weight is 382 g/mol. The molecule has 28 heavy (non-hydrogen) atoms. The lowest BCUT2D eigenvalue weighted by atomic mass is 9.79. The molecule has 2 aliphatic carbocycles. The van der Waals surface area contributed by atoms with Gasteiger partial charge in [-0.3, -0.25) is 0 Å². The maximum Gasteiger partial charge on any atom is 0.360 e. The zero-order valence-corrected chi connectivity index (χ0v) is 16.6. The van der Waals surface area contributed by atoms with Crippen LogP contribution in [0.2, 0.25) is 0 Å². The van der Waals surface area contributed by atoms with E-state index in [1.165, 1.54) is 26.2 Å². The summed E-state index contributed by atoms with van der Waals surface area (Å²) in [5.74, 6) is -0.0100. The molecule has 0 N–H and O–H groups in total. The fourth-order valence-electron chi connectivity index (χ4n) is 3.72. The Labute approximate surface area is 165 Å². The van der Waals surface area contributed by atoms with Crippen molar-refractivity contribution in [2.45, 2.75) is 39.2 Å². The summed E-state index contributed by atoms with van der Waals surface area (Å²) in [6.07, 6.45) is 10.8. The minimum absolute atomic E-state index is 0.109. The molecule has 0 bridgehead atoms.